The summed E-state index contributed by atoms with van der Waals surface area (Å²) < 4.78 is 17.6. The van der Waals surface area contributed by atoms with Crippen LogP contribution in [0.15, 0.2) is 55.0 Å². The van der Waals surface area contributed by atoms with E-state index in [0.717, 1.165) is 34.1 Å². The minimum Gasteiger partial charge on any atom is -0.490 e. The number of aromatic nitrogens is 3. The molecular formula is C25H30N4O3. The lowest BCUT2D eigenvalue weighted by molar-refractivity contribution is -0.141. The van der Waals surface area contributed by atoms with Crippen LogP contribution in [0.5, 0.6) is 5.75 Å². The Hall–Kier alpha value is -3.03. The maximum atomic E-state index is 6.11. The number of hydrogen-bond donors (Lipinski definition) is 1. The van der Waals surface area contributed by atoms with Gasteiger partial charge in [-0.2, -0.15) is 0 Å². The molecule has 2 unspecified atom stereocenters. The molecule has 1 aliphatic heterocycles. The first kappa shape index (κ1) is 22.2. The van der Waals surface area contributed by atoms with Crippen molar-refractivity contribution in [2.75, 3.05) is 25.1 Å². The van der Waals surface area contributed by atoms with E-state index in [-0.39, 0.29) is 12.0 Å². The summed E-state index contributed by atoms with van der Waals surface area (Å²) in [5, 5.41) is 3.43. The average molecular weight is 435 g/mol. The van der Waals surface area contributed by atoms with Crippen LogP contribution < -0.4 is 10.1 Å². The zero-order chi connectivity index (χ0) is 22.6. The second kappa shape index (κ2) is 9.63. The molecule has 4 rings (SSSR count). The fourth-order valence-electron chi connectivity index (χ4n) is 3.65. The van der Waals surface area contributed by atoms with Crippen molar-refractivity contribution in [2.45, 2.75) is 45.5 Å². The van der Waals surface area contributed by atoms with Gasteiger partial charge in [0.05, 0.1) is 12.3 Å². The van der Waals surface area contributed by atoms with E-state index in [1.165, 1.54) is 0 Å². The van der Waals surface area contributed by atoms with E-state index >= 15 is 0 Å². The van der Waals surface area contributed by atoms with E-state index in [2.05, 4.69) is 33.3 Å². The van der Waals surface area contributed by atoms with Crippen molar-refractivity contribution in [3.05, 3.63) is 66.2 Å². The lowest BCUT2D eigenvalue weighted by atomic mass is 10.00. The van der Waals surface area contributed by atoms with Gasteiger partial charge >= 0.3 is 0 Å². The summed E-state index contributed by atoms with van der Waals surface area (Å²) in [5.74, 6) is 1.31. The second-order valence-electron chi connectivity index (χ2n) is 8.56. The Balaban J connectivity index is 1.38. The molecule has 0 spiro atoms. The standard InChI is InChI=1S/C25H30N4O3/c1-17(12-27-24-11-22(28-16-29-24)19-10-9-18(2)26-13-19)21-7-5-6-8-23(21)30-14-20-15-31-25(3,4)32-20/h5-11,13,16-17,20H,12,14-15H2,1-4H3,(H,27,28,29). The largest absolute Gasteiger partial charge is 0.490 e. The van der Waals surface area contributed by atoms with Crippen molar-refractivity contribution in [1.29, 1.82) is 0 Å². The molecule has 0 aliphatic carbocycles. The summed E-state index contributed by atoms with van der Waals surface area (Å²) in [6.45, 7) is 9.68. The van der Waals surface area contributed by atoms with Gasteiger partial charge in [-0.25, -0.2) is 9.97 Å². The van der Waals surface area contributed by atoms with Crippen molar-refractivity contribution in [1.82, 2.24) is 15.0 Å². The molecular weight excluding hydrogens is 404 g/mol. The van der Waals surface area contributed by atoms with Crippen LogP contribution in [0.2, 0.25) is 0 Å². The molecule has 0 amide bonds. The predicted octanol–water partition coefficient (Wildman–Crippen LogP) is 4.59. The third-order valence-corrected chi connectivity index (χ3v) is 5.41. The molecule has 168 valence electrons. The normalized spacial score (nSPS) is 18.3. The molecule has 1 fully saturated rings. The van der Waals surface area contributed by atoms with Gasteiger partial charge in [0.2, 0.25) is 0 Å². The van der Waals surface area contributed by atoms with Crippen LogP contribution in [0.3, 0.4) is 0 Å². The molecule has 1 aromatic carbocycles. The molecule has 0 saturated carbocycles. The minimum atomic E-state index is -0.546. The van der Waals surface area contributed by atoms with E-state index in [9.17, 15) is 0 Å². The number of hydrogen-bond acceptors (Lipinski definition) is 7. The van der Waals surface area contributed by atoms with Crippen LogP contribution in [-0.4, -0.2) is 46.6 Å². The van der Waals surface area contributed by atoms with Crippen LogP contribution in [0.25, 0.3) is 11.3 Å². The third kappa shape index (κ3) is 5.60. The van der Waals surface area contributed by atoms with Gasteiger partial charge < -0.3 is 19.5 Å². The molecule has 7 heteroatoms. The maximum absolute atomic E-state index is 6.11. The topological polar surface area (TPSA) is 78.4 Å². The zero-order valence-corrected chi connectivity index (χ0v) is 19.0. The Morgan fingerprint density at radius 2 is 2.00 bits per heavy atom. The second-order valence-corrected chi connectivity index (χ2v) is 8.56. The first-order valence-corrected chi connectivity index (χ1v) is 10.9. The molecule has 1 saturated heterocycles. The molecule has 0 bridgehead atoms. The highest BCUT2D eigenvalue weighted by Crippen LogP contribution is 2.29. The zero-order valence-electron chi connectivity index (χ0n) is 19.0. The van der Waals surface area contributed by atoms with E-state index < -0.39 is 5.79 Å². The number of rotatable bonds is 8. The summed E-state index contributed by atoms with van der Waals surface area (Å²) >= 11 is 0. The number of nitrogens with zero attached hydrogens (tertiary/aromatic N) is 3. The van der Waals surface area contributed by atoms with Gasteiger partial charge in [0.25, 0.3) is 0 Å². The molecule has 2 atom stereocenters. The van der Waals surface area contributed by atoms with Gasteiger partial charge in [-0.05, 0) is 44.5 Å². The molecule has 0 radical (unpaired) electrons. The van der Waals surface area contributed by atoms with Crippen LogP contribution >= 0.6 is 0 Å². The lowest BCUT2D eigenvalue weighted by Gasteiger charge is -2.20. The van der Waals surface area contributed by atoms with E-state index in [1.54, 1.807) is 6.33 Å². The molecule has 32 heavy (non-hydrogen) atoms. The number of benzene rings is 1. The number of para-hydroxylation sites is 1. The summed E-state index contributed by atoms with van der Waals surface area (Å²) in [6.07, 6.45) is 3.34. The molecule has 3 heterocycles. The summed E-state index contributed by atoms with van der Waals surface area (Å²) in [7, 11) is 0. The van der Waals surface area contributed by atoms with E-state index in [4.69, 9.17) is 14.2 Å². The summed E-state index contributed by atoms with van der Waals surface area (Å²) in [6, 6.07) is 14.1. The Bertz CT molecular complexity index is 1040. The predicted molar refractivity (Wildman–Crippen MR) is 124 cm³/mol. The minimum absolute atomic E-state index is 0.0674. The highest BCUT2D eigenvalue weighted by atomic mass is 16.7. The van der Waals surface area contributed by atoms with Crippen LogP contribution in [0.1, 0.15) is 37.9 Å². The SMILES string of the molecule is Cc1ccc(-c2cc(NCC(C)c3ccccc3OCC3COC(C)(C)O3)ncn2)cn1. The first-order chi connectivity index (χ1) is 15.4. The maximum Gasteiger partial charge on any atom is 0.163 e. The van der Waals surface area contributed by atoms with Crippen LogP contribution in [0, 0.1) is 6.92 Å². The van der Waals surface area contributed by atoms with Gasteiger partial charge in [-0.15, -0.1) is 0 Å². The fourth-order valence-corrected chi connectivity index (χ4v) is 3.65. The van der Waals surface area contributed by atoms with Crippen LogP contribution in [0.4, 0.5) is 5.82 Å². The number of ether oxygens (including phenoxy) is 3. The first-order valence-electron chi connectivity index (χ1n) is 10.9. The smallest absolute Gasteiger partial charge is 0.163 e. The lowest BCUT2D eigenvalue weighted by Crippen LogP contribution is -2.25. The molecule has 7 nitrogen and oxygen atoms in total. The van der Waals surface area contributed by atoms with Gasteiger partial charge in [0, 0.05) is 36.0 Å². The van der Waals surface area contributed by atoms with Gasteiger partial charge in [0.15, 0.2) is 5.79 Å². The molecule has 3 aromatic rings. The molecule has 1 N–H and O–H groups in total. The Labute approximate surface area is 189 Å². The third-order valence-electron chi connectivity index (χ3n) is 5.41. The summed E-state index contributed by atoms with van der Waals surface area (Å²) in [4.78, 5) is 13.1. The van der Waals surface area contributed by atoms with Crippen molar-refractivity contribution in [2.24, 2.45) is 0 Å². The van der Waals surface area contributed by atoms with Crippen molar-refractivity contribution in [3.8, 4) is 17.0 Å². The number of nitrogens with one attached hydrogen (secondary N) is 1. The van der Waals surface area contributed by atoms with Crippen molar-refractivity contribution in [3.63, 3.8) is 0 Å². The molecule has 1 aliphatic rings. The number of pyridine rings is 1. The Kier molecular flexibility index (Phi) is 6.67. The van der Waals surface area contributed by atoms with E-state index in [1.807, 2.05) is 63.4 Å². The monoisotopic (exact) mass is 434 g/mol. The van der Waals surface area contributed by atoms with Gasteiger partial charge in [0.1, 0.15) is 30.6 Å². The van der Waals surface area contributed by atoms with E-state index in [0.29, 0.717) is 19.8 Å². The van der Waals surface area contributed by atoms with Crippen molar-refractivity contribution < 1.29 is 14.2 Å². The fraction of sp³-hybridized carbons (Fsp3) is 0.400. The Morgan fingerprint density at radius 1 is 1.16 bits per heavy atom. The van der Waals surface area contributed by atoms with Gasteiger partial charge in [-0.3, -0.25) is 4.98 Å². The van der Waals surface area contributed by atoms with Gasteiger partial charge in [-0.1, -0.05) is 25.1 Å². The van der Waals surface area contributed by atoms with Crippen molar-refractivity contribution >= 4 is 5.82 Å². The quantitative estimate of drug-likeness (QED) is 0.555. The highest BCUT2D eigenvalue weighted by molar-refractivity contribution is 5.61. The number of anilines is 1. The van der Waals surface area contributed by atoms with Crippen LogP contribution in [-0.2, 0) is 9.47 Å². The highest BCUT2D eigenvalue weighted by Gasteiger charge is 2.33. The average Bonchev–Trinajstić information content (AvgIpc) is 3.15. The number of aryl methyl sites for hydroxylation is 1. The summed E-state index contributed by atoms with van der Waals surface area (Å²) in [5.41, 5.74) is 3.92. The molecule has 2 aromatic heterocycles. The Morgan fingerprint density at radius 3 is 2.75 bits per heavy atom.